The quantitative estimate of drug-likeness (QED) is 0.691. The molecule has 0 aromatic heterocycles. The Balaban J connectivity index is 1.54. The van der Waals surface area contributed by atoms with E-state index in [4.69, 9.17) is 11.6 Å². The molecule has 4 rings (SSSR count). The van der Waals surface area contributed by atoms with Gasteiger partial charge in [0, 0.05) is 13.1 Å². The van der Waals surface area contributed by atoms with Crippen LogP contribution in [0.2, 0.25) is 5.02 Å². The number of halogens is 1. The average molecular weight is 461 g/mol. The molecule has 5 nitrogen and oxygen atoms in total. The fraction of sp³-hybridized carbons (Fsp3) is 0.458. The number of amides is 1. The number of hydrogen-bond acceptors (Lipinski definition) is 3. The summed E-state index contributed by atoms with van der Waals surface area (Å²) in [5, 5.41) is 3.22. The van der Waals surface area contributed by atoms with Crippen LogP contribution in [-0.4, -0.2) is 31.7 Å². The van der Waals surface area contributed by atoms with Gasteiger partial charge in [-0.05, 0) is 73.9 Å². The van der Waals surface area contributed by atoms with Crippen molar-refractivity contribution in [2.24, 2.45) is 0 Å². The average Bonchev–Trinajstić information content (AvgIpc) is 3.04. The highest BCUT2D eigenvalue weighted by molar-refractivity contribution is 7.89. The van der Waals surface area contributed by atoms with Gasteiger partial charge >= 0.3 is 0 Å². The van der Waals surface area contributed by atoms with Crippen LogP contribution in [-0.2, 0) is 22.9 Å². The summed E-state index contributed by atoms with van der Waals surface area (Å²) in [5.41, 5.74) is 3.96. The summed E-state index contributed by atoms with van der Waals surface area (Å²) in [6.45, 7) is 2.96. The van der Waals surface area contributed by atoms with Gasteiger partial charge < -0.3 is 5.32 Å². The largest absolute Gasteiger partial charge is 0.345 e. The molecule has 1 N–H and O–H groups in total. The fourth-order valence-electron chi connectivity index (χ4n) is 4.49. The number of rotatable bonds is 5. The van der Waals surface area contributed by atoms with Gasteiger partial charge in [0.1, 0.15) is 0 Å². The van der Waals surface area contributed by atoms with Gasteiger partial charge in [0.2, 0.25) is 10.0 Å². The normalized spacial score (nSPS) is 18.3. The minimum absolute atomic E-state index is 0.120. The Kier molecular flexibility index (Phi) is 6.70. The van der Waals surface area contributed by atoms with Crippen molar-refractivity contribution in [3.05, 3.63) is 63.7 Å². The smallest absolute Gasteiger partial charge is 0.253 e. The van der Waals surface area contributed by atoms with E-state index >= 15 is 0 Å². The molecule has 2 aromatic rings. The second-order valence-electron chi connectivity index (χ2n) is 8.54. The summed E-state index contributed by atoms with van der Waals surface area (Å²) in [6, 6.07) is 10.5. The van der Waals surface area contributed by atoms with E-state index in [1.54, 1.807) is 0 Å². The number of nitrogens with zero attached hydrogens (tertiary/aromatic N) is 1. The first-order valence-electron chi connectivity index (χ1n) is 11.1. The number of fused-ring (bicyclic) bond motifs is 1. The molecule has 31 heavy (non-hydrogen) atoms. The van der Waals surface area contributed by atoms with Gasteiger partial charge in [-0.15, -0.1) is 0 Å². The molecule has 2 aliphatic rings. The molecular weight excluding hydrogens is 432 g/mol. The zero-order valence-electron chi connectivity index (χ0n) is 17.9. The Morgan fingerprint density at radius 2 is 1.68 bits per heavy atom. The van der Waals surface area contributed by atoms with Gasteiger partial charge in [0.15, 0.2) is 0 Å². The molecule has 0 saturated carbocycles. The summed E-state index contributed by atoms with van der Waals surface area (Å²) in [5.74, 6) is -0.370. The van der Waals surface area contributed by atoms with Gasteiger partial charge in [-0.25, -0.2) is 8.42 Å². The standard InChI is InChI=1S/C24H29ClN2O3S/c1-17(19-10-9-18-7-6-8-20(18)15-19)26-24(28)22-16-21(11-12-23(22)25)31(29,30)27-13-4-2-3-5-14-27/h9-12,15-17H,2-8,13-14H2,1H3,(H,26,28)/t17-/m0/s1. The number of carbonyl (C=O) groups excluding carboxylic acids is 1. The van der Waals surface area contributed by atoms with Crippen molar-refractivity contribution in [3.8, 4) is 0 Å². The van der Waals surface area contributed by atoms with E-state index in [9.17, 15) is 13.2 Å². The van der Waals surface area contributed by atoms with E-state index < -0.39 is 10.0 Å². The highest BCUT2D eigenvalue weighted by Gasteiger charge is 2.27. The van der Waals surface area contributed by atoms with E-state index in [0.717, 1.165) is 44.1 Å². The lowest BCUT2D eigenvalue weighted by molar-refractivity contribution is 0.0940. The second-order valence-corrected chi connectivity index (χ2v) is 10.9. The molecule has 1 heterocycles. The zero-order valence-corrected chi connectivity index (χ0v) is 19.4. The van der Waals surface area contributed by atoms with Crippen LogP contribution in [0.3, 0.4) is 0 Å². The lowest BCUT2D eigenvalue weighted by atomic mass is 10.0. The highest BCUT2D eigenvalue weighted by atomic mass is 35.5. The monoisotopic (exact) mass is 460 g/mol. The van der Waals surface area contributed by atoms with Crippen LogP contribution >= 0.6 is 11.6 Å². The fourth-order valence-corrected chi connectivity index (χ4v) is 6.24. The van der Waals surface area contributed by atoms with Crippen molar-refractivity contribution in [1.29, 1.82) is 0 Å². The summed E-state index contributed by atoms with van der Waals surface area (Å²) in [6.07, 6.45) is 7.17. The third-order valence-corrected chi connectivity index (χ3v) is 8.58. The Bertz CT molecular complexity index is 1080. The predicted molar refractivity (Wildman–Crippen MR) is 123 cm³/mol. The molecule has 0 unspecified atom stereocenters. The summed E-state index contributed by atoms with van der Waals surface area (Å²) < 4.78 is 27.8. The Labute approximate surface area is 189 Å². The second kappa shape index (κ2) is 9.31. The summed E-state index contributed by atoms with van der Waals surface area (Å²) in [7, 11) is -3.65. The van der Waals surface area contributed by atoms with E-state index in [1.807, 2.05) is 6.92 Å². The maximum absolute atomic E-state index is 13.1. The van der Waals surface area contributed by atoms with Crippen LogP contribution in [0.15, 0.2) is 41.3 Å². The minimum atomic E-state index is -3.65. The molecule has 1 fully saturated rings. The van der Waals surface area contributed by atoms with E-state index in [-0.39, 0.29) is 27.4 Å². The molecule has 1 atom stereocenters. The molecule has 7 heteroatoms. The van der Waals surface area contributed by atoms with Crippen LogP contribution in [0.25, 0.3) is 0 Å². The molecule has 2 aromatic carbocycles. The number of hydrogen-bond donors (Lipinski definition) is 1. The molecule has 1 saturated heterocycles. The molecule has 1 aliphatic carbocycles. The Morgan fingerprint density at radius 1 is 0.968 bits per heavy atom. The van der Waals surface area contributed by atoms with Gasteiger partial charge in [-0.1, -0.05) is 42.6 Å². The maximum atomic E-state index is 13.1. The van der Waals surface area contributed by atoms with Crippen molar-refractivity contribution in [2.75, 3.05) is 13.1 Å². The summed E-state index contributed by atoms with van der Waals surface area (Å²) >= 11 is 6.29. The number of benzene rings is 2. The molecular formula is C24H29ClN2O3S. The van der Waals surface area contributed by atoms with Gasteiger partial charge in [0.25, 0.3) is 5.91 Å². The topological polar surface area (TPSA) is 66.5 Å². The van der Waals surface area contributed by atoms with Crippen molar-refractivity contribution >= 4 is 27.5 Å². The highest BCUT2D eigenvalue weighted by Crippen LogP contribution is 2.27. The maximum Gasteiger partial charge on any atom is 0.253 e. The van der Waals surface area contributed by atoms with Crippen LogP contribution in [0.4, 0.5) is 0 Å². The minimum Gasteiger partial charge on any atom is -0.345 e. The number of aryl methyl sites for hydroxylation is 2. The SMILES string of the molecule is C[C@H](NC(=O)c1cc(S(=O)(=O)N2CCCCCC2)ccc1Cl)c1ccc2c(c1)CCC2. The number of carbonyl (C=O) groups is 1. The zero-order chi connectivity index (χ0) is 22.0. The molecule has 1 aliphatic heterocycles. The summed E-state index contributed by atoms with van der Waals surface area (Å²) in [4.78, 5) is 13.1. The van der Waals surface area contributed by atoms with Gasteiger partial charge in [-0.3, -0.25) is 4.79 Å². The molecule has 0 bridgehead atoms. The number of nitrogens with one attached hydrogen (secondary N) is 1. The molecule has 0 spiro atoms. The predicted octanol–water partition coefficient (Wildman–Crippen LogP) is 4.88. The third kappa shape index (κ3) is 4.81. The third-order valence-electron chi connectivity index (χ3n) is 6.36. The Morgan fingerprint density at radius 3 is 2.42 bits per heavy atom. The molecule has 166 valence electrons. The van der Waals surface area contributed by atoms with Crippen molar-refractivity contribution in [2.45, 2.75) is 62.8 Å². The van der Waals surface area contributed by atoms with Crippen LogP contribution in [0.5, 0.6) is 0 Å². The van der Waals surface area contributed by atoms with Crippen LogP contribution in [0, 0.1) is 0 Å². The van der Waals surface area contributed by atoms with E-state index in [2.05, 4.69) is 23.5 Å². The number of sulfonamides is 1. The van der Waals surface area contributed by atoms with Crippen molar-refractivity contribution < 1.29 is 13.2 Å². The van der Waals surface area contributed by atoms with Gasteiger partial charge in [0.05, 0.1) is 21.5 Å². The van der Waals surface area contributed by atoms with Crippen LogP contribution in [0.1, 0.15) is 72.1 Å². The van der Waals surface area contributed by atoms with Gasteiger partial charge in [-0.2, -0.15) is 4.31 Å². The first-order valence-corrected chi connectivity index (χ1v) is 12.9. The van der Waals surface area contributed by atoms with Crippen molar-refractivity contribution in [3.63, 3.8) is 0 Å². The van der Waals surface area contributed by atoms with Crippen molar-refractivity contribution in [1.82, 2.24) is 9.62 Å². The van der Waals surface area contributed by atoms with E-state index in [1.165, 1.54) is 40.1 Å². The van der Waals surface area contributed by atoms with E-state index in [0.29, 0.717) is 13.1 Å². The molecule has 0 radical (unpaired) electrons. The molecule has 1 amide bonds. The lowest BCUT2D eigenvalue weighted by Crippen LogP contribution is -2.32. The van der Waals surface area contributed by atoms with Crippen LogP contribution < -0.4 is 5.32 Å². The Hall–Kier alpha value is -1.89. The first kappa shape index (κ1) is 22.3. The first-order chi connectivity index (χ1) is 14.9. The lowest BCUT2D eigenvalue weighted by Gasteiger charge is -2.21.